The van der Waals surface area contributed by atoms with Gasteiger partial charge in [0.15, 0.2) is 0 Å². The summed E-state index contributed by atoms with van der Waals surface area (Å²) < 4.78 is 1.39. The summed E-state index contributed by atoms with van der Waals surface area (Å²) >= 11 is 1.89. The summed E-state index contributed by atoms with van der Waals surface area (Å²) in [5.74, 6) is 0.722. The number of benzene rings is 1. The second-order valence-corrected chi connectivity index (χ2v) is 5.44. The Balaban J connectivity index is 2.03. The molecule has 80 valence electrons. The van der Waals surface area contributed by atoms with Gasteiger partial charge in [-0.3, -0.25) is 0 Å². The third-order valence-electron chi connectivity index (χ3n) is 2.33. The van der Waals surface area contributed by atoms with E-state index in [4.69, 9.17) is 0 Å². The van der Waals surface area contributed by atoms with Crippen LogP contribution in [0.15, 0.2) is 30.3 Å². The van der Waals surface area contributed by atoms with Gasteiger partial charge in [-0.2, -0.15) is 0 Å². The van der Waals surface area contributed by atoms with E-state index < -0.39 is 0 Å². The molecule has 15 heavy (non-hydrogen) atoms. The van der Waals surface area contributed by atoms with Crippen molar-refractivity contribution in [2.75, 3.05) is 6.54 Å². The summed E-state index contributed by atoms with van der Waals surface area (Å²) in [5, 5.41) is 4.84. The first-order valence-corrected chi connectivity index (χ1v) is 6.25. The van der Waals surface area contributed by atoms with Gasteiger partial charge in [-0.1, -0.05) is 32.0 Å². The molecular weight excluding hydrogens is 202 g/mol. The van der Waals surface area contributed by atoms with Crippen LogP contribution in [0.5, 0.6) is 0 Å². The molecule has 2 aromatic rings. The maximum absolute atomic E-state index is 3.47. The van der Waals surface area contributed by atoms with E-state index in [0.29, 0.717) is 0 Å². The van der Waals surface area contributed by atoms with Crippen molar-refractivity contribution in [2.45, 2.75) is 20.4 Å². The van der Waals surface area contributed by atoms with Crippen LogP contribution in [0.2, 0.25) is 0 Å². The molecule has 1 heterocycles. The lowest BCUT2D eigenvalue weighted by Crippen LogP contribution is -2.18. The summed E-state index contributed by atoms with van der Waals surface area (Å²) in [6, 6.07) is 10.8. The lowest BCUT2D eigenvalue weighted by molar-refractivity contribution is 0.555. The van der Waals surface area contributed by atoms with Crippen LogP contribution < -0.4 is 5.32 Å². The SMILES string of the molecule is CC(C)CNCc1cc2ccccc2s1. The first-order valence-electron chi connectivity index (χ1n) is 5.44. The molecule has 2 rings (SSSR count). The van der Waals surface area contributed by atoms with Gasteiger partial charge < -0.3 is 5.32 Å². The molecule has 0 saturated heterocycles. The summed E-state index contributed by atoms with van der Waals surface area (Å²) in [6.45, 7) is 6.56. The fourth-order valence-electron chi connectivity index (χ4n) is 1.61. The van der Waals surface area contributed by atoms with Crippen molar-refractivity contribution in [2.24, 2.45) is 5.92 Å². The molecule has 1 nitrogen and oxygen atoms in total. The van der Waals surface area contributed by atoms with Gasteiger partial charge in [-0.05, 0) is 30.0 Å². The molecule has 0 spiro atoms. The van der Waals surface area contributed by atoms with Gasteiger partial charge in [0, 0.05) is 16.1 Å². The van der Waals surface area contributed by atoms with E-state index in [1.807, 2.05) is 11.3 Å². The van der Waals surface area contributed by atoms with Crippen LogP contribution in [0.3, 0.4) is 0 Å². The molecule has 0 unspecified atom stereocenters. The third-order valence-corrected chi connectivity index (χ3v) is 3.44. The van der Waals surface area contributed by atoms with Crippen LogP contribution in [0.25, 0.3) is 10.1 Å². The lowest BCUT2D eigenvalue weighted by atomic mass is 10.2. The molecular formula is C13H17NS. The fourth-order valence-corrected chi connectivity index (χ4v) is 2.64. The molecule has 0 aliphatic rings. The van der Waals surface area contributed by atoms with Gasteiger partial charge in [-0.25, -0.2) is 0 Å². The summed E-state index contributed by atoms with van der Waals surface area (Å²) in [7, 11) is 0. The standard InChI is InChI=1S/C13H17NS/c1-10(2)8-14-9-12-7-11-5-3-4-6-13(11)15-12/h3-7,10,14H,8-9H2,1-2H3. The molecule has 0 saturated carbocycles. The highest BCUT2D eigenvalue weighted by atomic mass is 32.1. The molecule has 0 fully saturated rings. The van der Waals surface area contributed by atoms with Crippen LogP contribution in [-0.4, -0.2) is 6.54 Å². The van der Waals surface area contributed by atoms with Gasteiger partial charge in [0.2, 0.25) is 0 Å². The van der Waals surface area contributed by atoms with Gasteiger partial charge in [0.25, 0.3) is 0 Å². The average Bonchev–Trinajstić information content (AvgIpc) is 2.59. The van der Waals surface area contributed by atoms with E-state index in [1.165, 1.54) is 15.0 Å². The third kappa shape index (κ3) is 2.80. The summed E-state index contributed by atoms with van der Waals surface area (Å²) in [5.41, 5.74) is 0. The van der Waals surface area contributed by atoms with Crippen LogP contribution in [0.4, 0.5) is 0 Å². The van der Waals surface area contributed by atoms with Crippen LogP contribution in [0, 0.1) is 5.92 Å². The highest BCUT2D eigenvalue weighted by Gasteiger charge is 2.00. The zero-order valence-corrected chi connectivity index (χ0v) is 10.1. The molecule has 0 bridgehead atoms. The van der Waals surface area contributed by atoms with Crippen molar-refractivity contribution >= 4 is 21.4 Å². The van der Waals surface area contributed by atoms with E-state index >= 15 is 0 Å². The van der Waals surface area contributed by atoms with Crippen molar-refractivity contribution in [1.29, 1.82) is 0 Å². The van der Waals surface area contributed by atoms with Crippen molar-refractivity contribution in [3.05, 3.63) is 35.2 Å². The average molecular weight is 219 g/mol. The zero-order chi connectivity index (χ0) is 10.7. The Morgan fingerprint density at radius 1 is 1.27 bits per heavy atom. The molecule has 2 heteroatoms. The quantitative estimate of drug-likeness (QED) is 0.827. The lowest BCUT2D eigenvalue weighted by Gasteiger charge is -2.04. The molecule has 1 N–H and O–H groups in total. The zero-order valence-electron chi connectivity index (χ0n) is 9.29. The smallest absolute Gasteiger partial charge is 0.0346 e. The number of fused-ring (bicyclic) bond motifs is 1. The summed E-state index contributed by atoms with van der Waals surface area (Å²) in [4.78, 5) is 1.43. The Labute approximate surface area is 95.1 Å². The first kappa shape index (κ1) is 10.7. The van der Waals surface area contributed by atoms with Crippen LogP contribution in [0.1, 0.15) is 18.7 Å². The topological polar surface area (TPSA) is 12.0 Å². The van der Waals surface area contributed by atoms with Crippen molar-refractivity contribution in [3.8, 4) is 0 Å². The molecule has 1 aromatic carbocycles. The maximum atomic E-state index is 3.47. The monoisotopic (exact) mass is 219 g/mol. The highest BCUT2D eigenvalue weighted by Crippen LogP contribution is 2.24. The summed E-state index contributed by atoms with van der Waals surface area (Å²) in [6.07, 6.45) is 0. The Kier molecular flexibility index (Phi) is 3.39. The fraction of sp³-hybridized carbons (Fsp3) is 0.385. The predicted molar refractivity (Wildman–Crippen MR) is 68.4 cm³/mol. The number of hydrogen-bond donors (Lipinski definition) is 1. The maximum Gasteiger partial charge on any atom is 0.0346 e. The molecule has 0 amide bonds. The molecule has 0 radical (unpaired) electrons. The van der Waals surface area contributed by atoms with E-state index in [-0.39, 0.29) is 0 Å². The van der Waals surface area contributed by atoms with Gasteiger partial charge >= 0.3 is 0 Å². The Hall–Kier alpha value is -0.860. The highest BCUT2D eigenvalue weighted by molar-refractivity contribution is 7.19. The molecule has 0 aliphatic carbocycles. The Morgan fingerprint density at radius 3 is 2.80 bits per heavy atom. The minimum Gasteiger partial charge on any atom is -0.312 e. The van der Waals surface area contributed by atoms with Crippen molar-refractivity contribution < 1.29 is 0 Å². The normalized spacial score (nSPS) is 11.4. The van der Waals surface area contributed by atoms with Gasteiger partial charge in [-0.15, -0.1) is 11.3 Å². The number of hydrogen-bond acceptors (Lipinski definition) is 2. The second-order valence-electron chi connectivity index (χ2n) is 4.28. The minimum absolute atomic E-state index is 0.722. The number of rotatable bonds is 4. The van der Waals surface area contributed by atoms with Crippen LogP contribution in [-0.2, 0) is 6.54 Å². The predicted octanol–water partition coefficient (Wildman–Crippen LogP) is 3.65. The Bertz CT molecular complexity index is 398. The molecule has 0 atom stereocenters. The minimum atomic E-state index is 0.722. The number of thiophene rings is 1. The Morgan fingerprint density at radius 2 is 2.07 bits per heavy atom. The number of nitrogens with one attached hydrogen (secondary N) is 1. The van der Waals surface area contributed by atoms with Crippen molar-refractivity contribution in [3.63, 3.8) is 0 Å². The van der Waals surface area contributed by atoms with Gasteiger partial charge in [0.05, 0.1) is 0 Å². The van der Waals surface area contributed by atoms with Crippen molar-refractivity contribution in [1.82, 2.24) is 5.32 Å². The van der Waals surface area contributed by atoms with E-state index in [1.54, 1.807) is 0 Å². The van der Waals surface area contributed by atoms with Gasteiger partial charge in [0.1, 0.15) is 0 Å². The first-order chi connectivity index (χ1) is 7.25. The molecule has 0 aliphatic heterocycles. The second kappa shape index (κ2) is 4.77. The van der Waals surface area contributed by atoms with E-state index in [0.717, 1.165) is 19.0 Å². The molecule has 1 aromatic heterocycles. The van der Waals surface area contributed by atoms with Crippen LogP contribution >= 0.6 is 11.3 Å². The van der Waals surface area contributed by atoms with E-state index in [2.05, 4.69) is 49.5 Å². The van der Waals surface area contributed by atoms with E-state index in [9.17, 15) is 0 Å². The largest absolute Gasteiger partial charge is 0.312 e.